The van der Waals surface area contributed by atoms with E-state index in [1.165, 1.54) is 19.1 Å². The van der Waals surface area contributed by atoms with Gasteiger partial charge in [-0.2, -0.15) is 0 Å². The van der Waals surface area contributed by atoms with E-state index in [4.69, 9.17) is 4.74 Å². The summed E-state index contributed by atoms with van der Waals surface area (Å²) in [6.45, 7) is 6.39. The number of nitrogens with one attached hydrogen (secondary N) is 1. The first-order chi connectivity index (χ1) is 13.9. The number of nitrogens with zero attached hydrogens (tertiary/aromatic N) is 1. The van der Waals surface area contributed by atoms with Crippen molar-refractivity contribution in [1.29, 1.82) is 0 Å². The number of rotatable bonds is 6. The lowest BCUT2D eigenvalue weighted by molar-refractivity contribution is -0.131. The Bertz CT molecular complexity index is 899. The van der Waals surface area contributed by atoms with Crippen molar-refractivity contribution in [3.05, 3.63) is 65.0 Å². The Morgan fingerprint density at radius 3 is 2.76 bits per heavy atom. The van der Waals surface area contributed by atoms with Crippen LogP contribution in [-0.4, -0.2) is 35.9 Å². The molecule has 29 heavy (non-hydrogen) atoms. The van der Waals surface area contributed by atoms with Crippen LogP contribution in [0.25, 0.3) is 0 Å². The number of carbonyl (C=O) groups is 2. The summed E-state index contributed by atoms with van der Waals surface area (Å²) in [5.74, 6) is -0.0263. The monoisotopic (exact) mass is 398 g/mol. The summed E-state index contributed by atoms with van der Waals surface area (Å²) in [6.07, 6.45) is 0.931. The fraction of sp³-hybridized carbons (Fsp3) is 0.391. The van der Waals surface area contributed by atoms with Crippen molar-refractivity contribution in [1.82, 2.24) is 10.2 Å². The summed E-state index contributed by atoms with van der Waals surface area (Å²) in [7, 11) is 0. The second kappa shape index (κ2) is 9.07. The Balaban J connectivity index is 1.93. The van der Waals surface area contributed by atoms with E-state index in [-0.39, 0.29) is 23.7 Å². The molecule has 5 nitrogen and oxygen atoms in total. The van der Waals surface area contributed by atoms with Crippen LogP contribution in [0, 0.1) is 5.82 Å². The van der Waals surface area contributed by atoms with Gasteiger partial charge in [-0.05, 0) is 60.7 Å². The van der Waals surface area contributed by atoms with E-state index in [0.29, 0.717) is 30.8 Å². The third-order valence-corrected chi connectivity index (χ3v) is 5.15. The first-order valence-corrected chi connectivity index (χ1v) is 10.0. The van der Waals surface area contributed by atoms with Gasteiger partial charge < -0.3 is 15.0 Å². The second-order valence-corrected chi connectivity index (χ2v) is 7.33. The average molecular weight is 398 g/mol. The highest BCUT2D eigenvalue weighted by atomic mass is 19.1. The highest BCUT2D eigenvalue weighted by molar-refractivity contribution is 5.80. The molecule has 0 bridgehead atoms. The molecule has 0 aromatic heterocycles. The summed E-state index contributed by atoms with van der Waals surface area (Å²) in [6, 6.07) is 11.6. The van der Waals surface area contributed by atoms with Gasteiger partial charge >= 0.3 is 0 Å². The third kappa shape index (κ3) is 4.75. The molecule has 3 rings (SSSR count). The number of carbonyl (C=O) groups excluding carboxylic acids is 2. The van der Waals surface area contributed by atoms with Crippen molar-refractivity contribution in [2.24, 2.45) is 0 Å². The number of fused-ring (bicyclic) bond motifs is 1. The molecule has 0 aliphatic carbocycles. The van der Waals surface area contributed by atoms with Gasteiger partial charge in [0.05, 0.1) is 6.04 Å². The van der Waals surface area contributed by atoms with Crippen molar-refractivity contribution < 1.29 is 18.7 Å². The lowest BCUT2D eigenvalue weighted by Crippen LogP contribution is -2.39. The van der Waals surface area contributed by atoms with E-state index in [2.05, 4.69) is 5.32 Å². The fourth-order valence-corrected chi connectivity index (χ4v) is 3.69. The molecule has 1 N–H and O–H groups in total. The number of amides is 2. The summed E-state index contributed by atoms with van der Waals surface area (Å²) < 4.78 is 19.7. The maximum atomic E-state index is 13.9. The van der Waals surface area contributed by atoms with Gasteiger partial charge in [0.2, 0.25) is 5.91 Å². The first kappa shape index (κ1) is 20.8. The molecule has 2 aromatic rings. The molecule has 1 heterocycles. The maximum Gasteiger partial charge on any atom is 0.260 e. The molecular formula is C23H27FN2O3. The zero-order valence-electron chi connectivity index (χ0n) is 17.1. The second-order valence-electron chi connectivity index (χ2n) is 7.33. The molecule has 1 aliphatic heterocycles. The number of benzene rings is 2. The number of hydrogen-bond donors (Lipinski definition) is 1. The molecule has 0 spiro atoms. The molecular weight excluding hydrogens is 371 g/mol. The van der Waals surface area contributed by atoms with Gasteiger partial charge in [0.15, 0.2) is 6.10 Å². The van der Waals surface area contributed by atoms with Gasteiger partial charge in [-0.15, -0.1) is 0 Å². The fourth-order valence-electron chi connectivity index (χ4n) is 3.69. The van der Waals surface area contributed by atoms with Crippen molar-refractivity contribution in [3.63, 3.8) is 0 Å². The van der Waals surface area contributed by atoms with Crippen LogP contribution in [0.2, 0.25) is 0 Å². The van der Waals surface area contributed by atoms with Crippen molar-refractivity contribution in [2.45, 2.75) is 45.8 Å². The van der Waals surface area contributed by atoms with Crippen LogP contribution in [0.3, 0.4) is 0 Å². The number of ether oxygens (including phenoxy) is 1. The number of hydrogen-bond acceptors (Lipinski definition) is 3. The van der Waals surface area contributed by atoms with Crippen LogP contribution < -0.4 is 10.1 Å². The van der Waals surface area contributed by atoms with Crippen LogP contribution in [0.15, 0.2) is 42.5 Å². The van der Waals surface area contributed by atoms with Gasteiger partial charge in [0, 0.05) is 20.0 Å². The lowest BCUT2D eigenvalue weighted by atomic mass is 9.88. The van der Waals surface area contributed by atoms with Crippen LogP contribution in [-0.2, 0) is 16.0 Å². The molecule has 1 aliphatic rings. The highest BCUT2D eigenvalue weighted by Gasteiger charge is 2.31. The quantitative estimate of drug-likeness (QED) is 0.809. The van der Waals surface area contributed by atoms with Crippen molar-refractivity contribution in [2.75, 3.05) is 13.1 Å². The molecule has 2 amide bonds. The highest BCUT2D eigenvalue weighted by Crippen LogP contribution is 2.37. The molecule has 0 radical (unpaired) electrons. The van der Waals surface area contributed by atoms with Gasteiger partial charge in [-0.1, -0.05) is 25.1 Å². The van der Waals surface area contributed by atoms with E-state index in [1.807, 2.05) is 31.2 Å². The largest absolute Gasteiger partial charge is 0.481 e. The maximum absolute atomic E-state index is 13.9. The molecule has 0 saturated heterocycles. The standard InChI is InChI=1S/C23H27FN2O3/c1-4-11-25-23(28)15(2)29-20-9-8-17-10-12-26(16(3)27)22(21(17)14-20)18-6-5-7-19(24)13-18/h5-9,13-15,22H,4,10-12H2,1-3H3,(H,25,28). The van der Waals surface area contributed by atoms with E-state index < -0.39 is 6.10 Å². The van der Waals surface area contributed by atoms with Gasteiger partial charge in [-0.3, -0.25) is 9.59 Å². The van der Waals surface area contributed by atoms with Gasteiger partial charge in [0.1, 0.15) is 11.6 Å². The molecule has 6 heteroatoms. The zero-order valence-corrected chi connectivity index (χ0v) is 17.1. The van der Waals surface area contributed by atoms with Crippen LogP contribution in [0.5, 0.6) is 5.75 Å². The first-order valence-electron chi connectivity index (χ1n) is 10.0. The van der Waals surface area contributed by atoms with E-state index in [0.717, 1.165) is 17.5 Å². The summed E-state index contributed by atoms with van der Waals surface area (Å²) in [4.78, 5) is 26.2. The predicted molar refractivity (Wildman–Crippen MR) is 109 cm³/mol. The summed E-state index contributed by atoms with van der Waals surface area (Å²) in [5.41, 5.74) is 2.70. The Labute approximate surface area is 170 Å². The van der Waals surface area contributed by atoms with Crippen LogP contribution in [0.1, 0.15) is 49.9 Å². The molecule has 0 saturated carbocycles. The molecule has 2 aromatic carbocycles. The van der Waals surface area contributed by atoms with Crippen molar-refractivity contribution in [3.8, 4) is 5.75 Å². The Morgan fingerprint density at radius 2 is 2.07 bits per heavy atom. The topological polar surface area (TPSA) is 58.6 Å². The minimum absolute atomic E-state index is 0.0662. The summed E-state index contributed by atoms with van der Waals surface area (Å²) >= 11 is 0. The van der Waals surface area contributed by atoms with E-state index >= 15 is 0 Å². The third-order valence-electron chi connectivity index (χ3n) is 5.15. The minimum atomic E-state index is -0.639. The van der Waals surface area contributed by atoms with Crippen LogP contribution >= 0.6 is 0 Å². The molecule has 2 unspecified atom stereocenters. The molecule has 0 fully saturated rings. The lowest BCUT2D eigenvalue weighted by Gasteiger charge is -2.37. The van der Waals surface area contributed by atoms with Crippen molar-refractivity contribution >= 4 is 11.8 Å². The number of halogens is 1. The Kier molecular flexibility index (Phi) is 6.52. The Morgan fingerprint density at radius 1 is 1.28 bits per heavy atom. The summed E-state index contributed by atoms with van der Waals surface area (Å²) in [5, 5.41) is 2.82. The van der Waals surface area contributed by atoms with Crippen LogP contribution in [0.4, 0.5) is 4.39 Å². The molecule has 154 valence electrons. The van der Waals surface area contributed by atoms with E-state index in [1.54, 1.807) is 17.9 Å². The molecule has 2 atom stereocenters. The Hall–Kier alpha value is -2.89. The van der Waals surface area contributed by atoms with E-state index in [9.17, 15) is 14.0 Å². The van der Waals surface area contributed by atoms with Gasteiger partial charge in [-0.25, -0.2) is 4.39 Å². The SMILES string of the molecule is CCCNC(=O)C(C)Oc1ccc2c(c1)C(c1cccc(F)c1)N(C(C)=O)CC2. The zero-order chi connectivity index (χ0) is 21.0. The average Bonchev–Trinajstić information content (AvgIpc) is 2.70. The predicted octanol–water partition coefficient (Wildman–Crippen LogP) is 3.61. The van der Waals surface area contributed by atoms with Gasteiger partial charge in [0.25, 0.3) is 5.91 Å². The normalized spacial score (nSPS) is 16.7. The minimum Gasteiger partial charge on any atom is -0.481 e. The smallest absolute Gasteiger partial charge is 0.260 e.